The molecule has 0 aliphatic carbocycles. The van der Waals surface area contributed by atoms with Crippen molar-refractivity contribution in [2.75, 3.05) is 24.7 Å². The monoisotopic (exact) mass is 384 g/mol. The largest absolute Gasteiger partial charge is 0.493 e. The zero-order valence-corrected chi connectivity index (χ0v) is 15.6. The normalized spacial score (nSPS) is 10.0. The van der Waals surface area contributed by atoms with Crippen LogP contribution in [0, 0.1) is 24.1 Å². The van der Waals surface area contributed by atoms with Crippen LogP contribution in [0.15, 0.2) is 48.5 Å². The highest BCUT2D eigenvalue weighted by molar-refractivity contribution is 5.95. The molecular formula is C21H21FN2O4. The number of para-hydroxylation sites is 1. The van der Waals surface area contributed by atoms with Crippen LogP contribution in [-0.4, -0.2) is 31.6 Å². The van der Waals surface area contributed by atoms with Gasteiger partial charge in [-0.25, -0.2) is 4.39 Å². The van der Waals surface area contributed by atoms with E-state index in [-0.39, 0.29) is 31.7 Å². The second kappa shape index (κ2) is 10.7. The number of nitrogens with zero attached hydrogens (tertiary/aromatic N) is 2. The van der Waals surface area contributed by atoms with E-state index in [4.69, 9.17) is 14.7 Å². The maximum atomic E-state index is 14.0. The van der Waals surface area contributed by atoms with Crippen molar-refractivity contribution in [1.29, 1.82) is 5.26 Å². The Bertz CT molecular complexity index is 863. The Kier molecular flexibility index (Phi) is 7.97. The SMILES string of the molecule is Cc1cccc(OCCC(=O)OCC(=O)N(CCC#N)c2ccccc2F)c1. The molecule has 0 fully saturated rings. The quantitative estimate of drug-likeness (QED) is 0.619. The number of halogens is 1. The molecule has 0 saturated heterocycles. The summed E-state index contributed by atoms with van der Waals surface area (Å²) in [5, 5.41) is 8.76. The van der Waals surface area contributed by atoms with Crippen LogP contribution in [0.3, 0.4) is 0 Å². The van der Waals surface area contributed by atoms with Crippen molar-refractivity contribution in [2.24, 2.45) is 0 Å². The number of ether oxygens (including phenoxy) is 2. The second-order valence-electron chi connectivity index (χ2n) is 5.98. The Labute approximate surface area is 163 Å². The van der Waals surface area contributed by atoms with E-state index in [9.17, 15) is 14.0 Å². The predicted molar refractivity (Wildman–Crippen MR) is 101 cm³/mol. The summed E-state index contributed by atoms with van der Waals surface area (Å²) in [6.45, 7) is 1.51. The van der Waals surface area contributed by atoms with Crippen LogP contribution < -0.4 is 9.64 Å². The van der Waals surface area contributed by atoms with Gasteiger partial charge in [0.15, 0.2) is 6.61 Å². The third-order valence-corrected chi connectivity index (χ3v) is 3.81. The molecule has 6 nitrogen and oxygen atoms in total. The molecule has 1 amide bonds. The first-order chi connectivity index (χ1) is 13.5. The van der Waals surface area contributed by atoms with Gasteiger partial charge in [-0.05, 0) is 36.8 Å². The standard InChI is InChI=1S/C21H21FN2O4/c1-16-6-4-7-17(14-16)27-13-10-21(26)28-15-20(25)24(12-5-11-23)19-9-3-2-8-18(19)22/h2-4,6-9,14H,5,10,12-13,15H2,1H3. The average Bonchev–Trinajstić information content (AvgIpc) is 2.68. The van der Waals surface area contributed by atoms with E-state index in [0.29, 0.717) is 5.75 Å². The third kappa shape index (κ3) is 6.40. The molecule has 0 bridgehead atoms. The van der Waals surface area contributed by atoms with Gasteiger partial charge in [-0.3, -0.25) is 9.59 Å². The van der Waals surface area contributed by atoms with Gasteiger partial charge < -0.3 is 14.4 Å². The van der Waals surface area contributed by atoms with Crippen molar-refractivity contribution in [3.63, 3.8) is 0 Å². The lowest BCUT2D eigenvalue weighted by Gasteiger charge is -2.22. The van der Waals surface area contributed by atoms with E-state index in [1.54, 1.807) is 12.1 Å². The number of anilines is 1. The smallest absolute Gasteiger partial charge is 0.309 e. The number of amides is 1. The summed E-state index contributed by atoms with van der Waals surface area (Å²) in [6.07, 6.45) is -0.00251. The van der Waals surface area contributed by atoms with Gasteiger partial charge >= 0.3 is 5.97 Å². The van der Waals surface area contributed by atoms with E-state index in [2.05, 4.69) is 0 Å². The zero-order valence-electron chi connectivity index (χ0n) is 15.6. The molecule has 7 heteroatoms. The first kappa shape index (κ1) is 20.9. The minimum atomic E-state index is -0.603. The van der Waals surface area contributed by atoms with Crippen molar-refractivity contribution in [3.05, 3.63) is 59.9 Å². The zero-order chi connectivity index (χ0) is 20.4. The highest BCUT2D eigenvalue weighted by atomic mass is 19.1. The van der Waals surface area contributed by atoms with Crippen molar-refractivity contribution in [1.82, 2.24) is 0 Å². The summed E-state index contributed by atoms with van der Waals surface area (Å²) < 4.78 is 24.4. The van der Waals surface area contributed by atoms with Gasteiger partial charge in [-0.1, -0.05) is 24.3 Å². The number of carbonyl (C=O) groups excluding carboxylic acids is 2. The number of benzene rings is 2. The fraction of sp³-hybridized carbons (Fsp3) is 0.286. The Hall–Kier alpha value is -3.40. The van der Waals surface area contributed by atoms with Crippen LogP contribution in [0.1, 0.15) is 18.4 Å². The molecule has 0 radical (unpaired) electrons. The first-order valence-electron chi connectivity index (χ1n) is 8.78. The fourth-order valence-electron chi connectivity index (χ4n) is 2.46. The van der Waals surface area contributed by atoms with E-state index in [1.807, 2.05) is 31.2 Å². The molecule has 28 heavy (non-hydrogen) atoms. The van der Waals surface area contributed by atoms with E-state index in [1.165, 1.54) is 18.2 Å². The van der Waals surface area contributed by atoms with Gasteiger partial charge in [0.25, 0.3) is 5.91 Å². The average molecular weight is 384 g/mol. The molecular weight excluding hydrogens is 363 g/mol. The molecule has 0 N–H and O–H groups in total. The highest BCUT2D eigenvalue weighted by Gasteiger charge is 2.20. The Balaban J connectivity index is 1.85. The van der Waals surface area contributed by atoms with Crippen LogP contribution in [0.4, 0.5) is 10.1 Å². The molecule has 0 saturated carbocycles. The summed E-state index contributed by atoms with van der Waals surface area (Å²) in [4.78, 5) is 25.3. The topological polar surface area (TPSA) is 79.6 Å². The molecule has 2 rings (SSSR count). The lowest BCUT2D eigenvalue weighted by molar-refractivity contribution is -0.148. The predicted octanol–water partition coefficient (Wildman–Crippen LogP) is 3.39. The van der Waals surface area contributed by atoms with Crippen molar-refractivity contribution < 1.29 is 23.5 Å². The highest BCUT2D eigenvalue weighted by Crippen LogP contribution is 2.19. The maximum absolute atomic E-state index is 14.0. The Morgan fingerprint density at radius 1 is 1.18 bits per heavy atom. The van der Waals surface area contributed by atoms with Crippen LogP contribution in [0.2, 0.25) is 0 Å². The van der Waals surface area contributed by atoms with Gasteiger partial charge in [0, 0.05) is 6.54 Å². The Morgan fingerprint density at radius 3 is 2.68 bits per heavy atom. The second-order valence-corrected chi connectivity index (χ2v) is 5.98. The summed E-state index contributed by atoms with van der Waals surface area (Å²) >= 11 is 0. The minimum absolute atomic E-state index is 0.00425. The number of nitriles is 1. The number of rotatable bonds is 9. The molecule has 2 aromatic rings. The summed E-state index contributed by atoms with van der Waals surface area (Å²) in [5.74, 6) is -1.15. The van der Waals surface area contributed by atoms with Gasteiger partial charge in [0.05, 0.1) is 31.2 Å². The van der Waals surface area contributed by atoms with E-state index < -0.39 is 24.3 Å². The van der Waals surface area contributed by atoms with Crippen LogP contribution >= 0.6 is 0 Å². The molecule has 0 atom stereocenters. The molecule has 0 aliphatic rings. The molecule has 146 valence electrons. The number of carbonyl (C=O) groups is 2. The van der Waals surface area contributed by atoms with Crippen LogP contribution in [0.25, 0.3) is 0 Å². The number of aryl methyl sites for hydroxylation is 1. The van der Waals surface area contributed by atoms with Crippen LogP contribution in [0.5, 0.6) is 5.75 Å². The lowest BCUT2D eigenvalue weighted by Crippen LogP contribution is -2.36. The summed E-state index contributed by atoms with van der Waals surface area (Å²) in [5.41, 5.74) is 1.08. The molecule has 0 aliphatic heterocycles. The summed E-state index contributed by atoms with van der Waals surface area (Å²) in [7, 11) is 0. The summed E-state index contributed by atoms with van der Waals surface area (Å²) in [6, 6.07) is 15.1. The van der Waals surface area contributed by atoms with Crippen molar-refractivity contribution in [2.45, 2.75) is 19.8 Å². The van der Waals surface area contributed by atoms with Crippen molar-refractivity contribution in [3.8, 4) is 11.8 Å². The molecule has 2 aromatic carbocycles. The number of hydrogen-bond donors (Lipinski definition) is 0. The van der Waals surface area contributed by atoms with Crippen LogP contribution in [-0.2, 0) is 14.3 Å². The van der Waals surface area contributed by atoms with Crippen molar-refractivity contribution >= 4 is 17.6 Å². The van der Waals surface area contributed by atoms with Gasteiger partial charge in [0.2, 0.25) is 0 Å². The van der Waals surface area contributed by atoms with Gasteiger partial charge in [-0.2, -0.15) is 5.26 Å². The molecule has 0 spiro atoms. The van der Waals surface area contributed by atoms with Gasteiger partial charge in [0.1, 0.15) is 11.6 Å². The maximum Gasteiger partial charge on any atom is 0.309 e. The number of esters is 1. The number of hydrogen-bond acceptors (Lipinski definition) is 5. The third-order valence-electron chi connectivity index (χ3n) is 3.81. The fourth-order valence-corrected chi connectivity index (χ4v) is 2.46. The van der Waals surface area contributed by atoms with E-state index >= 15 is 0 Å². The van der Waals surface area contributed by atoms with E-state index in [0.717, 1.165) is 10.5 Å². The first-order valence-corrected chi connectivity index (χ1v) is 8.78. The Morgan fingerprint density at radius 2 is 1.96 bits per heavy atom. The van der Waals surface area contributed by atoms with Gasteiger partial charge in [-0.15, -0.1) is 0 Å². The molecule has 0 heterocycles. The molecule has 0 unspecified atom stereocenters. The lowest BCUT2D eigenvalue weighted by atomic mass is 10.2. The minimum Gasteiger partial charge on any atom is -0.493 e. The molecule has 0 aromatic heterocycles.